The third-order valence-corrected chi connectivity index (χ3v) is 5.75. The van der Waals surface area contributed by atoms with Crippen LogP contribution in [0.5, 0.6) is 0 Å². The maximum atomic E-state index is 12.7. The average Bonchev–Trinajstić information content (AvgIpc) is 3.38. The van der Waals surface area contributed by atoms with Gasteiger partial charge in [0.1, 0.15) is 12.4 Å². The number of amides is 2. The van der Waals surface area contributed by atoms with Gasteiger partial charge in [-0.2, -0.15) is 0 Å². The molecule has 0 bridgehead atoms. The van der Waals surface area contributed by atoms with Crippen molar-refractivity contribution in [1.82, 2.24) is 25.2 Å². The van der Waals surface area contributed by atoms with Crippen molar-refractivity contribution in [2.45, 2.75) is 33.2 Å². The Morgan fingerprint density at radius 2 is 2.13 bits per heavy atom. The van der Waals surface area contributed by atoms with Crippen molar-refractivity contribution < 1.29 is 14.3 Å². The fourth-order valence-corrected chi connectivity index (χ4v) is 4.16. The Morgan fingerprint density at radius 3 is 2.83 bits per heavy atom. The number of hydrogen-bond donors (Lipinski definition) is 3. The molecular formula is C21H26BrN5O3. The van der Waals surface area contributed by atoms with E-state index in [-0.39, 0.29) is 18.5 Å². The molecular weight excluding hydrogens is 450 g/mol. The molecule has 1 aromatic carbocycles. The maximum absolute atomic E-state index is 12.7. The second-order valence-electron chi connectivity index (χ2n) is 7.11. The molecule has 2 aromatic heterocycles. The Labute approximate surface area is 183 Å². The lowest BCUT2D eigenvalue weighted by molar-refractivity contribution is -0.132. The van der Waals surface area contributed by atoms with Gasteiger partial charge in [-0.3, -0.25) is 4.79 Å². The third kappa shape index (κ3) is 4.35. The number of aromatic nitrogens is 3. The summed E-state index contributed by atoms with van der Waals surface area (Å²) < 4.78 is 5.57. The first-order chi connectivity index (χ1) is 14.4. The fraction of sp³-hybridized carbons (Fsp3) is 0.381. The zero-order chi connectivity index (χ0) is 21.8. The Hall–Kier alpha value is -2.81. The summed E-state index contributed by atoms with van der Waals surface area (Å²) in [6.45, 7) is 6.41. The Balaban J connectivity index is 1.86. The molecule has 30 heavy (non-hydrogen) atoms. The monoisotopic (exact) mass is 475 g/mol. The number of halogens is 1. The molecule has 0 radical (unpaired) electrons. The number of aromatic amines is 2. The zero-order valence-corrected chi connectivity index (χ0v) is 19.1. The lowest BCUT2D eigenvalue weighted by Gasteiger charge is -2.27. The number of benzene rings is 1. The number of methoxy groups -OCH3 is 1. The van der Waals surface area contributed by atoms with Gasteiger partial charge in [-0.15, -0.1) is 0 Å². The number of nitrogens with one attached hydrogen (secondary N) is 3. The van der Waals surface area contributed by atoms with Crippen molar-refractivity contribution in [2.75, 3.05) is 20.2 Å². The van der Waals surface area contributed by atoms with Gasteiger partial charge in [-0.1, -0.05) is 22.9 Å². The number of hydrogen-bond acceptors (Lipinski definition) is 4. The Kier molecular flexibility index (Phi) is 6.81. The highest BCUT2D eigenvalue weighted by Gasteiger charge is 2.24. The predicted molar refractivity (Wildman–Crippen MR) is 119 cm³/mol. The number of carbonyl (C=O) groups excluding carboxylic acids is 2. The first-order valence-corrected chi connectivity index (χ1v) is 10.6. The van der Waals surface area contributed by atoms with Crippen molar-refractivity contribution in [3.05, 3.63) is 40.4 Å². The summed E-state index contributed by atoms with van der Waals surface area (Å²) in [6.07, 6.45) is 3.92. The van der Waals surface area contributed by atoms with E-state index in [0.717, 1.165) is 38.6 Å². The summed E-state index contributed by atoms with van der Waals surface area (Å²) in [7, 11) is 1.27. The summed E-state index contributed by atoms with van der Waals surface area (Å²) in [4.78, 5) is 36.9. The molecule has 1 unspecified atom stereocenters. The van der Waals surface area contributed by atoms with Crippen molar-refractivity contribution in [1.29, 1.82) is 0 Å². The summed E-state index contributed by atoms with van der Waals surface area (Å²) in [5.74, 6) is 0.489. The maximum Gasteiger partial charge on any atom is 0.407 e. The van der Waals surface area contributed by atoms with Crippen LogP contribution in [-0.2, 0) is 9.53 Å². The van der Waals surface area contributed by atoms with E-state index in [0.29, 0.717) is 12.4 Å². The molecule has 0 saturated heterocycles. The molecule has 2 heterocycles. The number of ether oxygens (including phenoxy) is 1. The average molecular weight is 476 g/mol. The second-order valence-corrected chi connectivity index (χ2v) is 7.96. The topological polar surface area (TPSA) is 103 Å². The third-order valence-electron chi connectivity index (χ3n) is 5.08. The van der Waals surface area contributed by atoms with Crippen LogP contribution in [0.2, 0.25) is 0 Å². The van der Waals surface area contributed by atoms with E-state index in [1.165, 1.54) is 7.11 Å². The summed E-state index contributed by atoms with van der Waals surface area (Å²) in [5, 5.41) is 3.58. The van der Waals surface area contributed by atoms with Gasteiger partial charge in [0.05, 0.1) is 30.6 Å². The standard InChI is InChI=1S/C21H26BrN5O3/c1-5-8-27(17(28)11-25-21(29)30-4)13(3)20-24-10-16(26-20)14-6-7-15(22)18-12(2)9-23-19(14)18/h6-7,9-10,13,23H,5,8,11H2,1-4H3,(H,24,26)(H,25,29). The van der Waals surface area contributed by atoms with Gasteiger partial charge in [-0.05, 0) is 38.0 Å². The van der Waals surface area contributed by atoms with Gasteiger partial charge < -0.3 is 24.9 Å². The molecule has 160 valence electrons. The van der Waals surface area contributed by atoms with Crippen molar-refractivity contribution in [3.8, 4) is 11.3 Å². The largest absolute Gasteiger partial charge is 0.453 e. The van der Waals surface area contributed by atoms with Crippen LogP contribution in [0.3, 0.4) is 0 Å². The number of H-pyrrole nitrogens is 2. The lowest BCUT2D eigenvalue weighted by atomic mass is 10.1. The molecule has 8 nitrogen and oxygen atoms in total. The minimum absolute atomic E-state index is 0.125. The lowest BCUT2D eigenvalue weighted by Crippen LogP contribution is -2.42. The molecule has 0 aliphatic heterocycles. The second kappa shape index (κ2) is 9.34. The van der Waals surface area contributed by atoms with E-state index in [2.05, 4.69) is 47.9 Å². The Morgan fingerprint density at radius 1 is 1.37 bits per heavy atom. The van der Waals surface area contributed by atoms with E-state index < -0.39 is 6.09 Å². The van der Waals surface area contributed by atoms with E-state index >= 15 is 0 Å². The smallest absolute Gasteiger partial charge is 0.407 e. The van der Waals surface area contributed by atoms with Crippen LogP contribution in [0.1, 0.15) is 37.7 Å². The first-order valence-electron chi connectivity index (χ1n) is 9.80. The molecule has 2 amide bonds. The van der Waals surface area contributed by atoms with Gasteiger partial charge >= 0.3 is 6.09 Å². The van der Waals surface area contributed by atoms with Crippen molar-refractivity contribution in [3.63, 3.8) is 0 Å². The van der Waals surface area contributed by atoms with Crippen LogP contribution in [0.4, 0.5) is 4.79 Å². The molecule has 0 spiro atoms. The van der Waals surface area contributed by atoms with Crippen molar-refractivity contribution in [2.24, 2.45) is 0 Å². The minimum Gasteiger partial charge on any atom is -0.453 e. The molecule has 0 saturated carbocycles. The molecule has 3 N–H and O–H groups in total. The first kappa shape index (κ1) is 21.9. The van der Waals surface area contributed by atoms with Crippen molar-refractivity contribution >= 4 is 38.8 Å². The van der Waals surface area contributed by atoms with Crippen LogP contribution in [0.25, 0.3) is 22.2 Å². The van der Waals surface area contributed by atoms with Gasteiger partial charge in [0.2, 0.25) is 5.91 Å². The van der Waals surface area contributed by atoms with Crippen LogP contribution in [0.15, 0.2) is 29.0 Å². The minimum atomic E-state index is -0.631. The van der Waals surface area contributed by atoms with E-state index in [4.69, 9.17) is 0 Å². The van der Waals surface area contributed by atoms with E-state index in [1.807, 2.05) is 32.2 Å². The summed E-state index contributed by atoms with van der Waals surface area (Å²) >= 11 is 3.62. The van der Waals surface area contributed by atoms with Crippen LogP contribution in [0, 0.1) is 6.92 Å². The zero-order valence-electron chi connectivity index (χ0n) is 17.5. The number of imidazole rings is 1. The highest BCUT2D eigenvalue weighted by Crippen LogP contribution is 2.34. The quantitative estimate of drug-likeness (QED) is 0.474. The van der Waals surface area contributed by atoms with Gasteiger partial charge in [-0.25, -0.2) is 9.78 Å². The number of aryl methyl sites for hydroxylation is 1. The van der Waals surface area contributed by atoms with E-state index in [1.54, 1.807) is 11.1 Å². The number of alkyl carbamates (subject to hydrolysis) is 1. The molecule has 1 atom stereocenters. The number of rotatable bonds is 7. The van der Waals surface area contributed by atoms with Crippen LogP contribution < -0.4 is 5.32 Å². The highest BCUT2D eigenvalue weighted by molar-refractivity contribution is 9.10. The molecule has 9 heteroatoms. The molecule has 0 fully saturated rings. The van der Waals surface area contributed by atoms with Gasteiger partial charge in [0, 0.05) is 28.2 Å². The van der Waals surface area contributed by atoms with Crippen LogP contribution >= 0.6 is 15.9 Å². The highest BCUT2D eigenvalue weighted by atomic mass is 79.9. The van der Waals surface area contributed by atoms with Gasteiger partial charge in [0.25, 0.3) is 0 Å². The molecule has 0 aliphatic carbocycles. The molecule has 0 aliphatic rings. The summed E-state index contributed by atoms with van der Waals surface area (Å²) in [5.41, 5.74) is 4.05. The fourth-order valence-electron chi connectivity index (χ4n) is 3.52. The van der Waals surface area contributed by atoms with Gasteiger partial charge in [0.15, 0.2) is 0 Å². The molecule has 3 rings (SSSR count). The number of nitrogens with zero attached hydrogens (tertiary/aromatic N) is 2. The SMILES string of the molecule is CCCN(C(=O)CNC(=O)OC)C(C)c1ncc(-c2ccc(Br)c3c(C)c[nH]c23)[nH]1. The number of carbonyl (C=O) groups is 2. The Bertz CT molecular complexity index is 1060. The van der Waals surface area contributed by atoms with E-state index in [9.17, 15) is 9.59 Å². The summed E-state index contributed by atoms with van der Waals surface area (Å²) in [6, 6.07) is 3.77. The number of fused-ring (bicyclic) bond motifs is 1. The van der Waals surface area contributed by atoms with Crippen LogP contribution in [-0.4, -0.2) is 52.1 Å². The molecule has 3 aromatic rings. The predicted octanol–water partition coefficient (Wildman–Crippen LogP) is 4.28. The normalized spacial score (nSPS) is 12.0.